The lowest BCUT2D eigenvalue weighted by atomic mass is 10.2. The van der Waals surface area contributed by atoms with Crippen LogP contribution in [0.2, 0.25) is 0 Å². The first-order valence-corrected chi connectivity index (χ1v) is 11.2. The normalized spacial score (nSPS) is 11.8. The second-order valence-corrected chi connectivity index (χ2v) is 8.92. The summed E-state index contributed by atoms with van der Waals surface area (Å²) in [5.41, 5.74) is 0.685. The Morgan fingerprint density at radius 1 is 0.963 bits per heavy atom. The van der Waals surface area contributed by atoms with E-state index in [1.54, 1.807) is 4.90 Å². The van der Waals surface area contributed by atoms with Crippen LogP contribution in [0.5, 0.6) is 0 Å². The van der Waals surface area contributed by atoms with Gasteiger partial charge >= 0.3 is 0 Å². The van der Waals surface area contributed by atoms with Crippen molar-refractivity contribution in [2.45, 2.75) is 23.6 Å². The molecule has 1 amide bonds. The van der Waals surface area contributed by atoms with Gasteiger partial charge in [-0.2, -0.15) is 0 Å². The average molecular weight is 412 g/mol. The lowest BCUT2D eigenvalue weighted by Crippen LogP contribution is -2.30. The molecule has 146 valence electrons. The number of nitrogens with zero attached hydrogens (tertiary/aromatic N) is 1. The van der Waals surface area contributed by atoms with E-state index in [4.69, 9.17) is 5.14 Å². The Hall–Kier alpha value is -2.43. The molecule has 8 nitrogen and oxygen atoms in total. The van der Waals surface area contributed by atoms with Crippen molar-refractivity contribution in [3.8, 4) is 0 Å². The summed E-state index contributed by atoms with van der Waals surface area (Å²) in [5.74, 6) is -0.143. The third-order valence-electron chi connectivity index (χ3n) is 3.88. The summed E-state index contributed by atoms with van der Waals surface area (Å²) < 4.78 is 50.1. The number of sulfonamides is 2. The summed E-state index contributed by atoms with van der Waals surface area (Å²) in [4.78, 5) is 13.4. The Morgan fingerprint density at radius 2 is 1.52 bits per heavy atom. The molecule has 3 N–H and O–H groups in total. The summed E-state index contributed by atoms with van der Waals surface area (Å²) in [6, 6.07) is 10.7. The number of primary sulfonamides is 1. The number of anilines is 1. The SMILES string of the molecule is CCN(CC)C(=O)c1ccc(NS(=O)(=O)c2cccc(S(N)(=O)=O)c2)cc1. The molecule has 2 aromatic rings. The number of nitrogens with two attached hydrogens (primary N) is 1. The largest absolute Gasteiger partial charge is 0.339 e. The molecule has 0 aliphatic rings. The van der Waals surface area contributed by atoms with Crippen LogP contribution < -0.4 is 9.86 Å². The fraction of sp³-hybridized carbons (Fsp3) is 0.235. The van der Waals surface area contributed by atoms with E-state index < -0.39 is 20.0 Å². The monoisotopic (exact) mass is 411 g/mol. The molecule has 0 saturated carbocycles. The average Bonchev–Trinajstić information content (AvgIpc) is 2.62. The Labute approximate surface area is 159 Å². The highest BCUT2D eigenvalue weighted by Gasteiger charge is 2.18. The number of hydrogen-bond acceptors (Lipinski definition) is 5. The number of benzene rings is 2. The Kier molecular flexibility index (Phi) is 6.24. The third kappa shape index (κ3) is 5.06. The number of carbonyl (C=O) groups is 1. The topological polar surface area (TPSA) is 127 Å². The summed E-state index contributed by atoms with van der Waals surface area (Å²) in [7, 11) is -8.04. The Balaban J connectivity index is 2.25. The Morgan fingerprint density at radius 3 is 2.04 bits per heavy atom. The fourth-order valence-corrected chi connectivity index (χ4v) is 4.14. The summed E-state index contributed by atoms with van der Waals surface area (Å²) >= 11 is 0. The van der Waals surface area contributed by atoms with Gasteiger partial charge in [0.05, 0.1) is 9.79 Å². The van der Waals surface area contributed by atoms with E-state index in [0.717, 1.165) is 6.07 Å². The first kappa shape index (κ1) is 20.9. The molecule has 0 atom stereocenters. The number of carbonyl (C=O) groups excluding carboxylic acids is 1. The van der Waals surface area contributed by atoms with Crippen molar-refractivity contribution < 1.29 is 21.6 Å². The van der Waals surface area contributed by atoms with Gasteiger partial charge in [0.1, 0.15) is 0 Å². The molecule has 0 bridgehead atoms. The molecule has 0 fully saturated rings. The molecule has 0 aliphatic heterocycles. The Bertz CT molecular complexity index is 1030. The van der Waals surface area contributed by atoms with Gasteiger partial charge in [-0.15, -0.1) is 0 Å². The lowest BCUT2D eigenvalue weighted by molar-refractivity contribution is 0.0773. The van der Waals surface area contributed by atoms with Crippen molar-refractivity contribution in [1.82, 2.24) is 4.90 Å². The molecular weight excluding hydrogens is 390 g/mol. The third-order valence-corrected chi connectivity index (χ3v) is 6.17. The number of amides is 1. The van der Waals surface area contributed by atoms with Crippen LogP contribution in [0.15, 0.2) is 58.3 Å². The molecule has 27 heavy (non-hydrogen) atoms. The first-order valence-electron chi connectivity index (χ1n) is 8.13. The molecule has 10 heteroatoms. The minimum atomic E-state index is -4.02. The molecule has 0 aromatic heterocycles. The molecule has 0 saturated heterocycles. The second kappa shape index (κ2) is 8.07. The highest BCUT2D eigenvalue weighted by atomic mass is 32.2. The van der Waals surface area contributed by atoms with Gasteiger partial charge in [0, 0.05) is 24.3 Å². The van der Waals surface area contributed by atoms with Gasteiger partial charge in [0.2, 0.25) is 10.0 Å². The molecule has 0 spiro atoms. The van der Waals surface area contributed by atoms with Crippen LogP contribution in [0.4, 0.5) is 5.69 Å². The van der Waals surface area contributed by atoms with Crippen molar-refractivity contribution in [2.24, 2.45) is 5.14 Å². The van der Waals surface area contributed by atoms with Crippen molar-refractivity contribution in [2.75, 3.05) is 17.8 Å². The van der Waals surface area contributed by atoms with E-state index in [0.29, 0.717) is 18.7 Å². The maximum Gasteiger partial charge on any atom is 0.261 e. The number of rotatable bonds is 7. The van der Waals surface area contributed by atoms with Crippen LogP contribution in [0.3, 0.4) is 0 Å². The number of nitrogens with one attached hydrogen (secondary N) is 1. The van der Waals surface area contributed by atoms with E-state index in [9.17, 15) is 21.6 Å². The molecule has 2 aromatic carbocycles. The van der Waals surface area contributed by atoms with Crippen molar-refractivity contribution >= 4 is 31.6 Å². The van der Waals surface area contributed by atoms with Crippen LogP contribution in [0.1, 0.15) is 24.2 Å². The molecule has 0 aliphatic carbocycles. The molecule has 2 rings (SSSR count). The maximum absolute atomic E-state index is 12.5. The van der Waals surface area contributed by atoms with Gasteiger partial charge < -0.3 is 4.90 Å². The van der Waals surface area contributed by atoms with E-state index in [1.165, 1.54) is 42.5 Å². The molecule has 0 heterocycles. The predicted octanol–water partition coefficient (Wildman–Crippen LogP) is 1.62. The van der Waals surface area contributed by atoms with E-state index >= 15 is 0 Å². The zero-order valence-electron chi connectivity index (χ0n) is 14.9. The van der Waals surface area contributed by atoms with Gasteiger partial charge in [-0.25, -0.2) is 22.0 Å². The van der Waals surface area contributed by atoms with E-state index in [1.807, 2.05) is 13.8 Å². The molecule has 0 unspecified atom stereocenters. The summed E-state index contributed by atoms with van der Waals surface area (Å²) in [5, 5.41) is 5.03. The van der Waals surface area contributed by atoms with Gasteiger partial charge in [-0.1, -0.05) is 6.07 Å². The maximum atomic E-state index is 12.5. The van der Waals surface area contributed by atoms with E-state index in [2.05, 4.69) is 4.72 Å². The zero-order chi connectivity index (χ0) is 20.2. The lowest BCUT2D eigenvalue weighted by Gasteiger charge is -2.18. The highest BCUT2D eigenvalue weighted by molar-refractivity contribution is 7.93. The number of hydrogen-bond donors (Lipinski definition) is 2. The highest BCUT2D eigenvalue weighted by Crippen LogP contribution is 2.19. The van der Waals surface area contributed by atoms with Crippen LogP contribution in [0.25, 0.3) is 0 Å². The first-order chi connectivity index (χ1) is 12.6. The van der Waals surface area contributed by atoms with Gasteiger partial charge in [-0.3, -0.25) is 9.52 Å². The second-order valence-electron chi connectivity index (χ2n) is 5.68. The zero-order valence-corrected chi connectivity index (χ0v) is 16.5. The van der Waals surface area contributed by atoms with Crippen LogP contribution in [0, 0.1) is 0 Å². The van der Waals surface area contributed by atoms with Gasteiger partial charge in [0.25, 0.3) is 15.9 Å². The standard InChI is InChI=1S/C17H21N3O5S2/c1-3-20(4-2)17(21)13-8-10-14(11-9-13)19-27(24,25)16-7-5-6-15(12-16)26(18,22)23/h5-12,19H,3-4H2,1-2H3,(H2,18,22,23). The molecular formula is C17H21N3O5S2. The van der Waals surface area contributed by atoms with E-state index in [-0.39, 0.29) is 21.4 Å². The smallest absolute Gasteiger partial charge is 0.261 e. The summed E-state index contributed by atoms with van der Waals surface area (Å²) in [6.45, 7) is 4.90. The fourth-order valence-electron chi connectivity index (χ4n) is 2.41. The quantitative estimate of drug-likeness (QED) is 0.716. The van der Waals surface area contributed by atoms with Crippen LogP contribution >= 0.6 is 0 Å². The summed E-state index contributed by atoms with van der Waals surface area (Å²) in [6.07, 6.45) is 0. The predicted molar refractivity (Wildman–Crippen MR) is 102 cm³/mol. The van der Waals surface area contributed by atoms with Crippen LogP contribution in [-0.4, -0.2) is 40.7 Å². The van der Waals surface area contributed by atoms with Gasteiger partial charge in [0.15, 0.2) is 0 Å². The van der Waals surface area contributed by atoms with Crippen molar-refractivity contribution in [3.05, 3.63) is 54.1 Å². The van der Waals surface area contributed by atoms with Gasteiger partial charge in [-0.05, 0) is 56.3 Å². The minimum absolute atomic E-state index is 0.143. The minimum Gasteiger partial charge on any atom is -0.339 e. The van der Waals surface area contributed by atoms with Crippen LogP contribution in [-0.2, 0) is 20.0 Å². The molecule has 0 radical (unpaired) electrons. The van der Waals surface area contributed by atoms with Crippen molar-refractivity contribution in [1.29, 1.82) is 0 Å². The van der Waals surface area contributed by atoms with Crippen molar-refractivity contribution in [3.63, 3.8) is 0 Å².